The highest BCUT2D eigenvalue weighted by molar-refractivity contribution is 5.85. The van der Waals surface area contributed by atoms with Crippen molar-refractivity contribution >= 4 is 18.3 Å². The first-order chi connectivity index (χ1) is 7.34. The van der Waals surface area contributed by atoms with Gasteiger partial charge in [-0.1, -0.05) is 19.8 Å². The molecule has 16 heavy (non-hydrogen) atoms. The molecular weight excluding hydrogens is 224 g/mol. The Balaban J connectivity index is 0.00000128. The van der Waals surface area contributed by atoms with E-state index in [1.54, 1.807) is 0 Å². The normalized spacial score (nSPS) is 31.2. The standard InChI is InChI=1S/C12H22N2O.ClH/c1-2-13-7-8-14-12(15)11-9-5-3-4-6-10(9)11;/h9-11,13H,2-8H2,1H3,(H,14,15);1H. The van der Waals surface area contributed by atoms with Crippen LogP contribution in [0.5, 0.6) is 0 Å². The van der Waals surface area contributed by atoms with E-state index in [2.05, 4.69) is 17.6 Å². The van der Waals surface area contributed by atoms with Crippen LogP contribution in [0.4, 0.5) is 0 Å². The predicted molar refractivity (Wildman–Crippen MR) is 67.7 cm³/mol. The smallest absolute Gasteiger partial charge is 0.223 e. The summed E-state index contributed by atoms with van der Waals surface area (Å²) in [6.07, 6.45) is 5.25. The molecule has 0 aromatic heterocycles. The second-order valence-electron chi connectivity index (χ2n) is 4.78. The van der Waals surface area contributed by atoms with Crippen LogP contribution in [-0.4, -0.2) is 25.5 Å². The van der Waals surface area contributed by atoms with Crippen LogP contribution < -0.4 is 10.6 Å². The van der Waals surface area contributed by atoms with Crippen molar-refractivity contribution in [3.8, 4) is 0 Å². The van der Waals surface area contributed by atoms with Crippen molar-refractivity contribution in [2.45, 2.75) is 32.6 Å². The minimum absolute atomic E-state index is 0. The van der Waals surface area contributed by atoms with Gasteiger partial charge in [0, 0.05) is 19.0 Å². The summed E-state index contributed by atoms with van der Waals surface area (Å²) >= 11 is 0. The first-order valence-corrected chi connectivity index (χ1v) is 6.33. The molecule has 0 spiro atoms. The maximum atomic E-state index is 11.8. The molecule has 0 bridgehead atoms. The number of rotatable bonds is 5. The summed E-state index contributed by atoms with van der Waals surface area (Å²) in [7, 11) is 0. The SMILES string of the molecule is CCNCCNC(=O)C1C2CCCCC21.Cl. The fraction of sp³-hybridized carbons (Fsp3) is 0.917. The summed E-state index contributed by atoms with van der Waals surface area (Å²) < 4.78 is 0. The number of fused-ring (bicyclic) bond motifs is 1. The molecule has 2 N–H and O–H groups in total. The molecule has 2 unspecified atom stereocenters. The minimum Gasteiger partial charge on any atom is -0.355 e. The molecule has 0 aromatic rings. The van der Waals surface area contributed by atoms with Gasteiger partial charge in [0.15, 0.2) is 0 Å². The lowest BCUT2D eigenvalue weighted by Gasteiger charge is -2.04. The largest absolute Gasteiger partial charge is 0.355 e. The lowest BCUT2D eigenvalue weighted by Crippen LogP contribution is -2.33. The lowest BCUT2D eigenvalue weighted by atomic mass is 10.0. The monoisotopic (exact) mass is 246 g/mol. The van der Waals surface area contributed by atoms with Gasteiger partial charge in [-0.25, -0.2) is 0 Å². The molecule has 1 amide bonds. The van der Waals surface area contributed by atoms with Crippen molar-refractivity contribution in [1.82, 2.24) is 10.6 Å². The average molecular weight is 247 g/mol. The molecule has 0 aliphatic heterocycles. The van der Waals surface area contributed by atoms with Crippen molar-refractivity contribution in [2.75, 3.05) is 19.6 Å². The number of nitrogens with one attached hydrogen (secondary N) is 2. The number of likely N-dealkylation sites (N-methyl/N-ethyl adjacent to an activating group) is 1. The molecule has 4 heteroatoms. The minimum atomic E-state index is 0. The highest BCUT2D eigenvalue weighted by atomic mass is 35.5. The molecule has 94 valence electrons. The van der Waals surface area contributed by atoms with Gasteiger partial charge in [0.25, 0.3) is 0 Å². The van der Waals surface area contributed by atoms with Crippen molar-refractivity contribution < 1.29 is 4.79 Å². The van der Waals surface area contributed by atoms with Gasteiger partial charge in [0.2, 0.25) is 5.91 Å². The second-order valence-corrected chi connectivity index (χ2v) is 4.78. The van der Waals surface area contributed by atoms with E-state index in [1.807, 2.05) is 0 Å². The van der Waals surface area contributed by atoms with Crippen molar-refractivity contribution in [3.05, 3.63) is 0 Å². The Morgan fingerprint density at radius 1 is 1.19 bits per heavy atom. The van der Waals surface area contributed by atoms with Crippen LogP contribution in [-0.2, 0) is 4.79 Å². The first kappa shape index (κ1) is 13.8. The molecule has 0 radical (unpaired) electrons. The number of hydrogen-bond donors (Lipinski definition) is 2. The van der Waals surface area contributed by atoms with Crippen molar-refractivity contribution in [3.63, 3.8) is 0 Å². The quantitative estimate of drug-likeness (QED) is 0.723. The Bertz CT molecular complexity index is 223. The fourth-order valence-corrected chi connectivity index (χ4v) is 2.95. The summed E-state index contributed by atoms with van der Waals surface area (Å²) in [5.74, 6) is 2.15. The molecule has 2 saturated carbocycles. The number of carbonyl (C=O) groups excluding carboxylic acids is 1. The third-order valence-corrected chi connectivity index (χ3v) is 3.81. The van der Waals surface area contributed by atoms with Crippen LogP contribution in [0.1, 0.15) is 32.6 Å². The highest BCUT2D eigenvalue weighted by Crippen LogP contribution is 2.55. The second kappa shape index (κ2) is 6.45. The van der Waals surface area contributed by atoms with E-state index in [4.69, 9.17) is 0 Å². The highest BCUT2D eigenvalue weighted by Gasteiger charge is 2.54. The maximum Gasteiger partial charge on any atom is 0.223 e. The van der Waals surface area contributed by atoms with Crippen LogP contribution in [0.15, 0.2) is 0 Å². The van der Waals surface area contributed by atoms with Gasteiger partial charge in [-0.15, -0.1) is 12.4 Å². The Morgan fingerprint density at radius 3 is 2.38 bits per heavy atom. The van der Waals surface area contributed by atoms with Crippen LogP contribution in [0.3, 0.4) is 0 Å². The average Bonchev–Trinajstić information content (AvgIpc) is 2.98. The molecule has 0 aromatic carbocycles. The Morgan fingerprint density at radius 2 is 1.81 bits per heavy atom. The van der Waals surface area contributed by atoms with E-state index in [0.717, 1.165) is 31.5 Å². The van der Waals surface area contributed by atoms with E-state index in [1.165, 1.54) is 25.7 Å². The van der Waals surface area contributed by atoms with E-state index in [9.17, 15) is 4.79 Å². The lowest BCUT2D eigenvalue weighted by molar-refractivity contribution is -0.122. The summed E-state index contributed by atoms with van der Waals surface area (Å²) in [6, 6.07) is 0. The molecule has 0 heterocycles. The van der Waals surface area contributed by atoms with Crippen molar-refractivity contribution in [1.29, 1.82) is 0 Å². The third-order valence-electron chi connectivity index (χ3n) is 3.81. The van der Waals surface area contributed by atoms with E-state index >= 15 is 0 Å². The Kier molecular flexibility index (Phi) is 5.56. The number of carbonyl (C=O) groups is 1. The van der Waals surface area contributed by atoms with Crippen molar-refractivity contribution in [2.24, 2.45) is 17.8 Å². The summed E-state index contributed by atoms with van der Waals surface area (Å²) in [5.41, 5.74) is 0. The topological polar surface area (TPSA) is 41.1 Å². The zero-order valence-corrected chi connectivity index (χ0v) is 10.8. The Hall–Kier alpha value is -0.280. The third kappa shape index (κ3) is 3.11. The van der Waals surface area contributed by atoms with Crippen LogP contribution >= 0.6 is 12.4 Å². The number of amides is 1. The van der Waals surface area contributed by atoms with E-state index in [-0.39, 0.29) is 12.4 Å². The van der Waals surface area contributed by atoms with Gasteiger partial charge in [-0.3, -0.25) is 4.79 Å². The zero-order chi connectivity index (χ0) is 10.7. The zero-order valence-electron chi connectivity index (χ0n) is 10.00. The van der Waals surface area contributed by atoms with Crippen LogP contribution in [0.25, 0.3) is 0 Å². The molecule has 2 fully saturated rings. The molecule has 2 rings (SSSR count). The molecular formula is C12H23ClN2O. The van der Waals surface area contributed by atoms with Gasteiger partial charge in [0.05, 0.1) is 0 Å². The van der Waals surface area contributed by atoms with Gasteiger partial charge in [0.1, 0.15) is 0 Å². The number of hydrogen-bond acceptors (Lipinski definition) is 2. The van der Waals surface area contributed by atoms with E-state index < -0.39 is 0 Å². The molecule has 2 aliphatic carbocycles. The molecule has 2 atom stereocenters. The first-order valence-electron chi connectivity index (χ1n) is 6.33. The number of halogens is 1. The predicted octanol–water partition coefficient (Wildman–Crippen LogP) is 1.57. The van der Waals surface area contributed by atoms with Gasteiger partial charge < -0.3 is 10.6 Å². The van der Waals surface area contributed by atoms with E-state index in [0.29, 0.717) is 11.8 Å². The van der Waals surface area contributed by atoms with Gasteiger partial charge in [-0.2, -0.15) is 0 Å². The van der Waals surface area contributed by atoms with Gasteiger partial charge in [-0.05, 0) is 31.2 Å². The van der Waals surface area contributed by atoms with Crippen LogP contribution in [0, 0.1) is 17.8 Å². The maximum absolute atomic E-state index is 11.8. The summed E-state index contributed by atoms with van der Waals surface area (Å²) in [5, 5.41) is 6.25. The molecule has 2 aliphatic rings. The molecule has 0 saturated heterocycles. The summed E-state index contributed by atoms with van der Waals surface area (Å²) in [4.78, 5) is 11.8. The van der Waals surface area contributed by atoms with Gasteiger partial charge >= 0.3 is 0 Å². The Labute approximate surface area is 104 Å². The fourth-order valence-electron chi connectivity index (χ4n) is 2.95. The summed E-state index contributed by atoms with van der Waals surface area (Å²) in [6.45, 7) is 4.73. The van der Waals surface area contributed by atoms with Crippen LogP contribution in [0.2, 0.25) is 0 Å². The molecule has 3 nitrogen and oxygen atoms in total.